The molecule has 0 aliphatic heterocycles. The van der Waals surface area contributed by atoms with Crippen molar-refractivity contribution in [2.24, 2.45) is 0 Å². The van der Waals surface area contributed by atoms with Crippen LogP contribution >= 0.6 is 22.6 Å². The predicted molar refractivity (Wildman–Crippen MR) is 129 cm³/mol. The average molecular weight is 528 g/mol. The van der Waals surface area contributed by atoms with Crippen molar-refractivity contribution in [2.45, 2.75) is 13.8 Å². The van der Waals surface area contributed by atoms with Crippen molar-refractivity contribution in [3.8, 4) is 23.0 Å². The van der Waals surface area contributed by atoms with Gasteiger partial charge in [-0.15, -0.1) is 0 Å². The molecule has 1 amide bonds. The maximum Gasteiger partial charge on any atom is 0.255 e. The molecule has 0 unspecified atom stereocenters. The highest BCUT2D eigenvalue weighted by Crippen LogP contribution is 2.28. The van der Waals surface area contributed by atoms with Crippen molar-refractivity contribution in [1.82, 2.24) is 4.98 Å². The number of aromatic nitrogens is 1. The summed E-state index contributed by atoms with van der Waals surface area (Å²) in [5.74, 6) is 1.46. The van der Waals surface area contributed by atoms with E-state index in [4.69, 9.17) is 13.9 Å². The van der Waals surface area contributed by atoms with Crippen LogP contribution in [0.4, 0.5) is 5.69 Å². The molecular formula is C24H21IN2O4. The lowest BCUT2D eigenvalue weighted by Gasteiger charge is -2.11. The second-order valence-electron chi connectivity index (χ2n) is 6.73. The number of amides is 1. The van der Waals surface area contributed by atoms with Crippen molar-refractivity contribution < 1.29 is 18.7 Å². The van der Waals surface area contributed by atoms with Gasteiger partial charge < -0.3 is 19.2 Å². The molecule has 0 atom stereocenters. The molecule has 7 heteroatoms. The van der Waals surface area contributed by atoms with E-state index in [-0.39, 0.29) is 5.91 Å². The number of oxazole rings is 1. The number of carbonyl (C=O) groups excluding carboxylic acids is 1. The van der Waals surface area contributed by atoms with Crippen molar-refractivity contribution in [3.63, 3.8) is 0 Å². The fraction of sp³-hybridized carbons (Fsp3) is 0.167. The first-order valence-corrected chi connectivity index (χ1v) is 11.0. The lowest BCUT2D eigenvalue weighted by molar-refractivity contribution is 0.102. The van der Waals surface area contributed by atoms with Crippen LogP contribution in [0.15, 0.2) is 65.1 Å². The number of halogens is 1. The number of anilines is 1. The lowest BCUT2D eigenvalue weighted by Crippen LogP contribution is -2.12. The van der Waals surface area contributed by atoms with Crippen LogP contribution in [0.1, 0.15) is 24.2 Å². The number of benzene rings is 3. The summed E-state index contributed by atoms with van der Waals surface area (Å²) in [4.78, 5) is 17.4. The lowest BCUT2D eigenvalue weighted by atomic mass is 10.1. The minimum absolute atomic E-state index is 0.261. The minimum Gasteiger partial charge on any atom is -0.494 e. The van der Waals surface area contributed by atoms with Crippen LogP contribution in [0.5, 0.6) is 11.5 Å². The molecule has 0 saturated carbocycles. The Hall–Kier alpha value is -3.07. The van der Waals surface area contributed by atoms with Crippen LogP contribution in [0, 0.1) is 3.57 Å². The third kappa shape index (κ3) is 4.99. The van der Waals surface area contributed by atoms with Gasteiger partial charge in [0.1, 0.15) is 17.0 Å². The Kier molecular flexibility index (Phi) is 6.41. The highest BCUT2D eigenvalue weighted by molar-refractivity contribution is 14.1. The smallest absolute Gasteiger partial charge is 0.255 e. The first-order valence-electron chi connectivity index (χ1n) is 9.94. The van der Waals surface area contributed by atoms with Gasteiger partial charge in [-0.3, -0.25) is 4.79 Å². The number of fused-ring (bicyclic) bond motifs is 1. The number of ether oxygens (including phenoxy) is 2. The normalized spacial score (nSPS) is 10.8. The number of rotatable bonds is 7. The molecule has 0 radical (unpaired) electrons. The Balaban J connectivity index is 1.59. The fourth-order valence-corrected chi connectivity index (χ4v) is 3.70. The minimum atomic E-state index is -0.261. The van der Waals surface area contributed by atoms with E-state index in [0.717, 1.165) is 9.13 Å². The summed E-state index contributed by atoms with van der Waals surface area (Å²) in [6, 6.07) is 18.5. The first kappa shape index (κ1) is 21.2. The van der Waals surface area contributed by atoms with E-state index < -0.39 is 0 Å². The Morgan fingerprint density at radius 1 is 1.00 bits per heavy atom. The van der Waals surface area contributed by atoms with Crippen molar-refractivity contribution >= 4 is 45.3 Å². The van der Waals surface area contributed by atoms with Gasteiger partial charge >= 0.3 is 0 Å². The van der Waals surface area contributed by atoms with Gasteiger partial charge in [0.05, 0.1) is 13.2 Å². The van der Waals surface area contributed by atoms with Gasteiger partial charge in [-0.05, 0) is 85.0 Å². The topological polar surface area (TPSA) is 73.6 Å². The van der Waals surface area contributed by atoms with Crippen LogP contribution in [0.3, 0.4) is 0 Å². The SMILES string of the molecule is CCOc1cc(OCC)cc(C(=O)Nc2ccc3oc(-c4cccc(I)c4)nc3c2)c1. The van der Waals surface area contributed by atoms with Crippen LogP contribution < -0.4 is 14.8 Å². The number of nitrogens with zero attached hydrogens (tertiary/aromatic N) is 1. The molecule has 4 aromatic rings. The van der Waals surface area contributed by atoms with Gasteiger partial charge in [-0.25, -0.2) is 4.98 Å². The van der Waals surface area contributed by atoms with E-state index in [1.807, 2.05) is 38.1 Å². The van der Waals surface area contributed by atoms with E-state index in [0.29, 0.717) is 53.0 Å². The highest BCUT2D eigenvalue weighted by Gasteiger charge is 2.13. The molecular weight excluding hydrogens is 507 g/mol. The number of hydrogen-bond donors (Lipinski definition) is 1. The monoisotopic (exact) mass is 528 g/mol. The van der Waals surface area contributed by atoms with Gasteiger partial charge in [-0.2, -0.15) is 0 Å². The van der Waals surface area contributed by atoms with E-state index in [9.17, 15) is 4.79 Å². The number of carbonyl (C=O) groups is 1. The van der Waals surface area contributed by atoms with E-state index >= 15 is 0 Å². The maximum atomic E-state index is 12.9. The molecule has 1 N–H and O–H groups in total. The zero-order chi connectivity index (χ0) is 21.8. The number of hydrogen-bond acceptors (Lipinski definition) is 5. The van der Waals surface area contributed by atoms with Gasteiger partial charge in [0.2, 0.25) is 5.89 Å². The molecule has 1 aromatic heterocycles. The maximum absolute atomic E-state index is 12.9. The van der Waals surface area contributed by atoms with E-state index in [1.54, 1.807) is 36.4 Å². The van der Waals surface area contributed by atoms with Crippen molar-refractivity contribution in [3.05, 3.63) is 69.8 Å². The molecule has 0 spiro atoms. The fourth-order valence-electron chi connectivity index (χ4n) is 3.16. The van der Waals surface area contributed by atoms with Crippen LogP contribution in [-0.4, -0.2) is 24.1 Å². The molecule has 6 nitrogen and oxygen atoms in total. The van der Waals surface area contributed by atoms with Gasteiger partial charge in [0, 0.05) is 26.5 Å². The Bertz CT molecular complexity index is 1210. The predicted octanol–water partition coefficient (Wildman–Crippen LogP) is 6.15. The summed E-state index contributed by atoms with van der Waals surface area (Å²) in [5.41, 5.74) is 3.31. The second-order valence-corrected chi connectivity index (χ2v) is 7.97. The molecule has 4 rings (SSSR count). The molecule has 1 heterocycles. The summed E-state index contributed by atoms with van der Waals surface area (Å²) >= 11 is 2.25. The van der Waals surface area contributed by atoms with Crippen molar-refractivity contribution in [2.75, 3.05) is 18.5 Å². The molecule has 31 heavy (non-hydrogen) atoms. The Morgan fingerprint density at radius 2 is 1.74 bits per heavy atom. The zero-order valence-corrected chi connectivity index (χ0v) is 19.3. The molecule has 0 aliphatic rings. The second kappa shape index (κ2) is 9.38. The van der Waals surface area contributed by atoms with Crippen molar-refractivity contribution in [1.29, 1.82) is 0 Å². The van der Waals surface area contributed by atoms with E-state index in [2.05, 4.69) is 32.9 Å². The Labute approximate surface area is 193 Å². The molecule has 0 bridgehead atoms. The third-order valence-corrected chi connectivity index (χ3v) is 5.15. The molecule has 0 aliphatic carbocycles. The summed E-state index contributed by atoms with van der Waals surface area (Å²) in [7, 11) is 0. The molecule has 0 saturated heterocycles. The Morgan fingerprint density at radius 3 is 2.42 bits per heavy atom. The van der Waals surface area contributed by atoms with Crippen LogP contribution in [-0.2, 0) is 0 Å². The largest absolute Gasteiger partial charge is 0.494 e. The summed E-state index contributed by atoms with van der Waals surface area (Å²) in [6.45, 7) is 4.79. The first-order chi connectivity index (χ1) is 15.1. The standard InChI is InChI=1S/C24H21IN2O4/c1-3-29-19-11-16(12-20(14-19)30-4-2)23(28)26-18-8-9-22-21(13-18)27-24(31-22)15-6-5-7-17(25)10-15/h5-14H,3-4H2,1-2H3,(H,26,28). The third-order valence-electron chi connectivity index (χ3n) is 4.48. The van der Waals surface area contributed by atoms with Gasteiger partial charge in [-0.1, -0.05) is 6.07 Å². The number of nitrogens with one attached hydrogen (secondary N) is 1. The van der Waals surface area contributed by atoms with E-state index in [1.165, 1.54) is 0 Å². The van der Waals surface area contributed by atoms with Gasteiger partial charge in [0.15, 0.2) is 5.58 Å². The molecule has 158 valence electrons. The van der Waals surface area contributed by atoms with Crippen LogP contribution in [0.25, 0.3) is 22.6 Å². The summed E-state index contributed by atoms with van der Waals surface area (Å²) in [6.07, 6.45) is 0. The highest BCUT2D eigenvalue weighted by atomic mass is 127. The summed E-state index contributed by atoms with van der Waals surface area (Å²) < 4.78 is 18.1. The molecule has 3 aromatic carbocycles. The average Bonchev–Trinajstić information content (AvgIpc) is 3.17. The quantitative estimate of drug-likeness (QED) is 0.292. The van der Waals surface area contributed by atoms with Crippen LogP contribution in [0.2, 0.25) is 0 Å². The molecule has 0 fully saturated rings. The van der Waals surface area contributed by atoms with Gasteiger partial charge in [0.25, 0.3) is 5.91 Å². The zero-order valence-electron chi connectivity index (χ0n) is 17.1. The summed E-state index contributed by atoms with van der Waals surface area (Å²) in [5, 5.41) is 2.91.